The van der Waals surface area contributed by atoms with Crippen LogP contribution in [0.2, 0.25) is 0 Å². The van der Waals surface area contributed by atoms with Gasteiger partial charge in [-0.25, -0.2) is 8.78 Å². The second-order valence-electron chi connectivity index (χ2n) is 4.22. The molecule has 4 heteroatoms. The van der Waals surface area contributed by atoms with Gasteiger partial charge in [-0.05, 0) is 17.7 Å². The highest BCUT2D eigenvalue weighted by Gasteiger charge is 2.11. The minimum atomic E-state index is -2.52. The molecule has 0 bridgehead atoms. The van der Waals surface area contributed by atoms with Gasteiger partial charge in [0.1, 0.15) is 0 Å². The average molecular weight is 273 g/mol. The molecule has 0 heterocycles. The minimum absolute atomic E-state index is 0.0787. The van der Waals surface area contributed by atoms with Gasteiger partial charge >= 0.3 is 0 Å². The Hall–Kier alpha value is -2.49. The normalized spacial score (nSPS) is 10.3. The molecule has 0 atom stereocenters. The van der Waals surface area contributed by atoms with Crippen molar-refractivity contribution in [1.82, 2.24) is 0 Å². The van der Waals surface area contributed by atoms with E-state index in [1.54, 1.807) is 24.3 Å². The molecule has 2 aromatic carbocycles. The number of halogens is 2. The van der Waals surface area contributed by atoms with Crippen molar-refractivity contribution in [3.63, 3.8) is 0 Å². The fraction of sp³-hybridized carbons (Fsp3) is 0.0625. The molecule has 0 fully saturated rings. The molecule has 0 aliphatic rings. The molecule has 0 saturated carbocycles. The Bertz CT molecular complexity index is 606. The van der Waals surface area contributed by atoms with Crippen LogP contribution in [0.5, 0.6) is 0 Å². The van der Waals surface area contributed by atoms with Crippen molar-refractivity contribution >= 4 is 17.2 Å². The van der Waals surface area contributed by atoms with Gasteiger partial charge in [0.2, 0.25) is 0 Å². The maximum absolute atomic E-state index is 12.4. The van der Waals surface area contributed by atoms with E-state index >= 15 is 0 Å². The fourth-order valence-electron chi connectivity index (χ4n) is 1.69. The molecule has 0 aliphatic heterocycles. The number of carbonyl (C=O) groups excluding carboxylic acids is 1. The zero-order valence-electron chi connectivity index (χ0n) is 10.6. The van der Waals surface area contributed by atoms with Crippen LogP contribution in [0, 0.1) is 0 Å². The molecule has 20 heavy (non-hydrogen) atoms. The van der Waals surface area contributed by atoms with E-state index in [0.717, 1.165) is 0 Å². The van der Waals surface area contributed by atoms with Crippen molar-refractivity contribution in [3.8, 4) is 0 Å². The number of alkyl halides is 2. The molecule has 0 saturated heterocycles. The first kappa shape index (κ1) is 13.9. The van der Waals surface area contributed by atoms with Crippen molar-refractivity contribution < 1.29 is 13.6 Å². The topological polar surface area (TPSA) is 29.1 Å². The lowest BCUT2D eigenvalue weighted by atomic mass is 10.0. The van der Waals surface area contributed by atoms with Crippen LogP contribution >= 0.6 is 0 Å². The molecule has 2 aromatic rings. The number of hydrogen-bond donors (Lipinski definition) is 1. The predicted octanol–water partition coefficient (Wildman–Crippen LogP) is 4.28. The van der Waals surface area contributed by atoms with Gasteiger partial charge in [-0.1, -0.05) is 49.0 Å². The van der Waals surface area contributed by atoms with Gasteiger partial charge in [0.15, 0.2) is 0 Å². The van der Waals surface area contributed by atoms with E-state index in [9.17, 15) is 13.6 Å². The summed E-state index contributed by atoms with van der Waals surface area (Å²) in [6, 6.07) is 14.5. The predicted molar refractivity (Wildman–Crippen MR) is 75.5 cm³/mol. The maximum Gasteiger partial charge on any atom is 0.263 e. The maximum atomic E-state index is 12.4. The monoisotopic (exact) mass is 273 g/mol. The number of hydrogen-bond acceptors (Lipinski definition) is 1. The van der Waals surface area contributed by atoms with Gasteiger partial charge in [0.05, 0.1) is 0 Å². The zero-order chi connectivity index (χ0) is 14.5. The Balaban J connectivity index is 2.09. The van der Waals surface area contributed by atoms with Gasteiger partial charge in [0.25, 0.3) is 12.3 Å². The van der Waals surface area contributed by atoms with E-state index < -0.39 is 6.43 Å². The van der Waals surface area contributed by atoms with Crippen LogP contribution in [0.3, 0.4) is 0 Å². The Morgan fingerprint density at radius 2 is 1.60 bits per heavy atom. The van der Waals surface area contributed by atoms with Crippen LogP contribution in [-0.4, -0.2) is 5.91 Å². The van der Waals surface area contributed by atoms with Crippen molar-refractivity contribution in [1.29, 1.82) is 0 Å². The van der Waals surface area contributed by atoms with Crippen molar-refractivity contribution in [2.75, 3.05) is 5.32 Å². The summed E-state index contributed by atoms with van der Waals surface area (Å²) in [6.45, 7) is 3.70. The molecule has 1 N–H and O–H groups in total. The van der Waals surface area contributed by atoms with Crippen LogP contribution in [-0.2, 0) is 4.79 Å². The molecule has 0 radical (unpaired) electrons. The standard InChI is InChI=1S/C16H13F2NO/c1-11(12-7-9-13(10-8-12)15(17)18)16(20)19-14-5-3-2-4-6-14/h2-10,15H,1H2,(H,19,20). The number of benzene rings is 2. The molecule has 0 spiro atoms. The quantitative estimate of drug-likeness (QED) is 0.828. The van der Waals surface area contributed by atoms with E-state index in [4.69, 9.17) is 0 Å². The first-order valence-electron chi connectivity index (χ1n) is 6.01. The Morgan fingerprint density at radius 1 is 1.00 bits per heavy atom. The van der Waals surface area contributed by atoms with Crippen molar-refractivity contribution in [3.05, 3.63) is 72.3 Å². The molecule has 2 nitrogen and oxygen atoms in total. The molecule has 0 aliphatic carbocycles. The highest BCUT2D eigenvalue weighted by Crippen LogP contribution is 2.22. The first-order valence-corrected chi connectivity index (χ1v) is 6.01. The number of amides is 1. The van der Waals surface area contributed by atoms with Gasteiger partial charge < -0.3 is 5.32 Å². The number of para-hydroxylation sites is 1. The summed E-state index contributed by atoms with van der Waals surface area (Å²) in [5, 5.41) is 2.69. The summed E-state index contributed by atoms with van der Waals surface area (Å²) in [5.41, 5.74) is 1.32. The fourth-order valence-corrected chi connectivity index (χ4v) is 1.69. The van der Waals surface area contributed by atoms with E-state index in [0.29, 0.717) is 11.3 Å². The van der Waals surface area contributed by atoms with Crippen LogP contribution in [0.15, 0.2) is 61.2 Å². The largest absolute Gasteiger partial charge is 0.322 e. The summed E-state index contributed by atoms with van der Waals surface area (Å²) in [5.74, 6) is -0.360. The van der Waals surface area contributed by atoms with Gasteiger partial charge in [-0.15, -0.1) is 0 Å². The SMILES string of the molecule is C=C(C(=O)Nc1ccccc1)c1ccc(C(F)F)cc1. The third-order valence-electron chi connectivity index (χ3n) is 2.82. The van der Waals surface area contributed by atoms with Gasteiger partial charge in [-0.3, -0.25) is 4.79 Å². The second-order valence-corrected chi connectivity index (χ2v) is 4.22. The minimum Gasteiger partial charge on any atom is -0.322 e. The van der Waals surface area contributed by atoms with E-state index in [1.165, 1.54) is 24.3 Å². The van der Waals surface area contributed by atoms with Crippen LogP contribution < -0.4 is 5.32 Å². The highest BCUT2D eigenvalue weighted by atomic mass is 19.3. The Morgan fingerprint density at radius 3 is 2.15 bits per heavy atom. The third kappa shape index (κ3) is 3.29. The molecule has 102 valence electrons. The summed E-state index contributed by atoms with van der Waals surface area (Å²) in [6.07, 6.45) is -2.52. The molecule has 0 aromatic heterocycles. The van der Waals surface area contributed by atoms with Crippen LogP contribution in [0.1, 0.15) is 17.6 Å². The molecular weight excluding hydrogens is 260 g/mol. The number of carbonyl (C=O) groups is 1. The highest BCUT2D eigenvalue weighted by molar-refractivity contribution is 6.24. The third-order valence-corrected chi connectivity index (χ3v) is 2.82. The molecule has 2 rings (SSSR count). The second kappa shape index (κ2) is 6.10. The van der Waals surface area contributed by atoms with Crippen molar-refractivity contribution in [2.45, 2.75) is 6.43 Å². The lowest BCUT2D eigenvalue weighted by molar-refractivity contribution is -0.111. The summed E-state index contributed by atoms with van der Waals surface area (Å²) < 4.78 is 24.9. The molecule has 0 unspecified atom stereocenters. The average Bonchev–Trinajstić information content (AvgIpc) is 2.47. The van der Waals surface area contributed by atoms with E-state index in [1.807, 2.05) is 6.07 Å². The molecule has 1 amide bonds. The lowest BCUT2D eigenvalue weighted by Gasteiger charge is -2.08. The number of rotatable bonds is 4. The van der Waals surface area contributed by atoms with E-state index in [2.05, 4.69) is 11.9 Å². The van der Waals surface area contributed by atoms with Crippen molar-refractivity contribution in [2.24, 2.45) is 0 Å². The number of anilines is 1. The van der Waals surface area contributed by atoms with Crippen LogP contribution in [0.4, 0.5) is 14.5 Å². The lowest BCUT2D eigenvalue weighted by Crippen LogP contribution is -2.12. The smallest absolute Gasteiger partial charge is 0.263 e. The van der Waals surface area contributed by atoms with Crippen LogP contribution in [0.25, 0.3) is 5.57 Å². The Labute approximate surface area is 115 Å². The number of nitrogens with one attached hydrogen (secondary N) is 1. The molecular formula is C16H13F2NO. The summed E-state index contributed by atoms with van der Waals surface area (Å²) in [7, 11) is 0. The van der Waals surface area contributed by atoms with Gasteiger partial charge in [-0.2, -0.15) is 0 Å². The van der Waals surface area contributed by atoms with Gasteiger partial charge in [0, 0.05) is 16.8 Å². The Kier molecular flexibility index (Phi) is 4.25. The zero-order valence-corrected chi connectivity index (χ0v) is 10.6. The summed E-state index contributed by atoms with van der Waals surface area (Å²) in [4.78, 5) is 12.0. The summed E-state index contributed by atoms with van der Waals surface area (Å²) >= 11 is 0. The van der Waals surface area contributed by atoms with E-state index in [-0.39, 0.29) is 17.0 Å². The first-order chi connectivity index (χ1) is 9.58.